The second-order valence-corrected chi connectivity index (χ2v) is 5.99. The van der Waals surface area contributed by atoms with E-state index in [4.69, 9.17) is 23.7 Å². The molecule has 0 aromatic heterocycles. The fourth-order valence-electron chi connectivity index (χ4n) is 2.81. The number of aliphatic imine (C=N–C) groups is 1. The number of methoxy groups -OCH3 is 5. The van der Waals surface area contributed by atoms with E-state index in [0.717, 1.165) is 11.1 Å². The highest BCUT2D eigenvalue weighted by atomic mass is 16.5. The van der Waals surface area contributed by atoms with E-state index in [-0.39, 0.29) is 0 Å². The van der Waals surface area contributed by atoms with Gasteiger partial charge < -0.3 is 34.3 Å². The molecule has 0 radical (unpaired) electrons. The zero-order chi connectivity index (χ0) is 21.2. The molecule has 2 aromatic rings. The normalized spacial score (nSPS) is 10.9. The zero-order valence-corrected chi connectivity index (χ0v) is 17.8. The van der Waals surface area contributed by atoms with Crippen molar-refractivity contribution in [1.82, 2.24) is 10.6 Å². The molecular formula is C21H29N3O5. The summed E-state index contributed by atoms with van der Waals surface area (Å²) in [4.78, 5) is 4.27. The minimum atomic E-state index is 0.495. The summed E-state index contributed by atoms with van der Waals surface area (Å²) in [5, 5.41) is 6.56. The summed E-state index contributed by atoms with van der Waals surface area (Å²) in [6.45, 7) is 1.07. The molecule has 0 saturated heterocycles. The largest absolute Gasteiger partial charge is 0.496 e. The first-order chi connectivity index (χ1) is 14.1. The highest BCUT2D eigenvalue weighted by Gasteiger charge is 2.12. The van der Waals surface area contributed by atoms with Crippen LogP contribution in [-0.4, -0.2) is 48.6 Å². The van der Waals surface area contributed by atoms with Crippen molar-refractivity contribution in [2.45, 2.75) is 13.1 Å². The van der Waals surface area contributed by atoms with Crippen LogP contribution in [0.1, 0.15) is 11.1 Å². The van der Waals surface area contributed by atoms with E-state index in [9.17, 15) is 0 Å². The highest BCUT2D eigenvalue weighted by molar-refractivity contribution is 5.79. The van der Waals surface area contributed by atoms with Gasteiger partial charge in [-0.3, -0.25) is 4.99 Å². The number of hydrogen-bond donors (Lipinski definition) is 2. The standard InChI is InChI=1S/C21H29N3O5/c1-22-21(23-12-14-7-8-16(25-2)18(9-14)27-4)24-13-15-10-19(28-5)20(29-6)11-17(15)26-3/h7-11H,12-13H2,1-6H3,(H2,22,23,24). The molecule has 0 amide bonds. The average molecular weight is 403 g/mol. The van der Waals surface area contributed by atoms with Crippen molar-refractivity contribution in [3.63, 3.8) is 0 Å². The van der Waals surface area contributed by atoms with E-state index in [0.29, 0.717) is 47.8 Å². The molecule has 0 aliphatic carbocycles. The smallest absolute Gasteiger partial charge is 0.191 e. The van der Waals surface area contributed by atoms with Crippen molar-refractivity contribution in [1.29, 1.82) is 0 Å². The summed E-state index contributed by atoms with van der Waals surface area (Å²) in [7, 11) is 9.76. The molecule has 2 rings (SSSR count). The van der Waals surface area contributed by atoms with Gasteiger partial charge in [-0.2, -0.15) is 0 Å². The Hall–Kier alpha value is -3.29. The molecule has 0 bridgehead atoms. The maximum absolute atomic E-state index is 5.47. The number of nitrogens with one attached hydrogen (secondary N) is 2. The number of ether oxygens (including phenoxy) is 5. The van der Waals surface area contributed by atoms with Crippen molar-refractivity contribution >= 4 is 5.96 Å². The molecule has 0 heterocycles. The molecule has 0 saturated carbocycles. The topological polar surface area (TPSA) is 82.6 Å². The van der Waals surface area contributed by atoms with Gasteiger partial charge in [-0.1, -0.05) is 6.07 Å². The Balaban J connectivity index is 2.04. The zero-order valence-electron chi connectivity index (χ0n) is 17.8. The van der Waals surface area contributed by atoms with Crippen LogP contribution in [0.5, 0.6) is 28.7 Å². The highest BCUT2D eigenvalue weighted by Crippen LogP contribution is 2.34. The molecule has 0 aliphatic rings. The minimum absolute atomic E-state index is 0.495. The number of nitrogens with zero attached hydrogens (tertiary/aromatic N) is 1. The summed E-state index contributed by atoms with van der Waals surface area (Å²) in [5.41, 5.74) is 1.95. The number of guanidine groups is 1. The molecular weight excluding hydrogens is 374 g/mol. The Morgan fingerprint density at radius 3 is 1.83 bits per heavy atom. The molecule has 158 valence electrons. The van der Waals surface area contributed by atoms with Crippen LogP contribution in [0, 0.1) is 0 Å². The first-order valence-electron chi connectivity index (χ1n) is 9.04. The molecule has 0 atom stereocenters. The second kappa shape index (κ2) is 10.9. The van der Waals surface area contributed by atoms with Gasteiger partial charge in [0.15, 0.2) is 29.0 Å². The predicted molar refractivity (Wildman–Crippen MR) is 113 cm³/mol. The fraction of sp³-hybridized carbons (Fsp3) is 0.381. The molecule has 2 N–H and O–H groups in total. The van der Waals surface area contributed by atoms with Gasteiger partial charge in [0, 0.05) is 31.8 Å². The lowest BCUT2D eigenvalue weighted by Crippen LogP contribution is -2.36. The quantitative estimate of drug-likeness (QED) is 0.492. The maximum atomic E-state index is 5.47. The molecule has 0 spiro atoms. The van der Waals surface area contributed by atoms with Gasteiger partial charge in [0.2, 0.25) is 0 Å². The lowest BCUT2D eigenvalue weighted by atomic mass is 10.1. The SMILES string of the molecule is CN=C(NCc1ccc(OC)c(OC)c1)NCc1cc(OC)c(OC)cc1OC. The fourth-order valence-corrected chi connectivity index (χ4v) is 2.81. The summed E-state index contributed by atoms with van der Waals surface area (Å²) in [5.74, 6) is 3.98. The van der Waals surface area contributed by atoms with Crippen LogP contribution in [0.4, 0.5) is 0 Å². The van der Waals surface area contributed by atoms with Crippen LogP contribution in [0.3, 0.4) is 0 Å². The van der Waals surface area contributed by atoms with Crippen molar-refractivity contribution in [3.05, 3.63) is 41.5 Å². The molecule has 0 fully saturated rings. The molecule has 0 aliphatic heterocycles. The molecule has 29 heavy (non-hydrogen) atoms. The van der Waals surface area contributed by atoms with E-state index in [1.807, 2.05) is 24.3 Å². The van der Waals surface area contributed by atoms with Gasteiger partial charge in [0.05, 0.1) is 35.5 Å². The van der Waals surface area contributed by atoms with Crippen LogP contribution in [0.15, 0.2) is 35.3 Å². The minimum Gasteiger partial charge on any atom is -0.496 e. The van der Waals surface area contributed by atoms with Crippen LogP contribution in [0.25, 0.3) is 0 Å². The third-order valence-corrected chi connectivity index (χ3v) is 4.36. The Labute approximate surface area is 171 Å². The third kappa shape index (κ3) is 5.60. The number of hydrogen-bond acceptors (Lipinski definition) is 6. The van der Waals surface area contributed by atoms with E-state index < -0.39 is 0 Å². The first kappa shape index (κ1) is 22.0. The molecule has 2 aromatic carbocycles. The molecule has 0 unspecified atom stereocenters. The Bertz CT molecular complexity index is 839. The molecule has 8 nitrogen and oxygen atoms in total. The summed E-state index contributed by atoms with van der Waals surface area (Å²) in [6.07, 6.45) is 0. The van der Waals surface area contributed by atoms with Crippen LogP contribution in [0.2, 0.25) is 0 Å². The Morgan fingerprint density at radius 2 is 1.24 bits per heavy atom. The predicted octanol–water partition coefficient (Wildman–Crippen LogP) is 2.59. The van der Waals surface area contributed by atoms with Gasteiger partial charge in [-0.15, -0.1) is 0 Å². The molecule has 8 heteroatoms. The van der Waals surface area contributed by atoms with E-state index >= 15 is 0 Å². The first-order valence-corrected chi connectivity index (χ1v) is 9.04. The van der Waals surface area contributed by atoms with Crippen molar-refractivity contribution in [2.75, 3.05) is 42.6 Å². The van der Waals surface area contributed by atoms with Gasteiger partial charge in [0.1, 0.15) is 5.75 Å². The summed E-state index contributed by atoms with van der Waals surface area (Å²) >= 11 is 0. The van der Waals surface area contributed by atoms with E-state index in [1.165, 1.54) is 0 Å². The van der Waals surface area contributed by atoms with Crippen LogP contribution >= 0.6 is 0 Å². The van der Waals surface area contributed by atoms with Crippen LogP contribution < -0.4 is 34.3 Å². The average Bonchev–Trinajstić information content (AvgIpc) is 2.78. The van der Waals surface area contributed by atoms with Gasteiger partial charge >= 0.3 is 0 Å². The van der Waals surface area contributed by atoms with E-state index in [2.05, 4.69) is 15.6 Å². The maximum Gasteiger partial charge on any atom is 0.191 e. The van der Waals surface area contributed by atoms with Crippen molar-refractivity contribution < 1.29 is 23.7 Å². The summed E-state index contributed by atoms with van der Waals surface area (Å²) in [6, 6.07) is 9.46. The van der Waals surface area contributed by atoms with Gasteiger partial charge in [-0.25, -0.2) is 0 Å². The van der Waals surface area contributed by atoms with Crippen LogP contribution in [-0.2, 0) is 13.1 Å². The lowest BCUT2D eigenvalue weighted by Gasteiger charge is -2.16. The lowest BCUT2D eigenvalue weighted by molar-refractivity contribution is 0.347. The van der Waals surface area contributed by atoms with E-state index in [1.54, 1.807) is 48.7 Å². The third-order valence-electron chi connectivity index (χ3n) is 4.36. The van der Waals surface area contributed by atoms with Crippen molar-refractivity contribution in [2.24, 2.45) is 4.99 Å². The monoisotopic (exact) mass is 403 g/mol. The van der Waals surface area contributed by atoms with Gasteiger partial charge in [-0.05, 0) is 23.8 Å². The summed E-state index contributed by atoms with van der Waals surface area (Å²) < 4.78 is 26.8. The Morgan fingerprint density at radius 1 is 0.690 bits per heavy atom. The number of rotatable bonds is 9. The number of benzene rings is 2. The second-order valence-electron chi connectivity index (χ2n) is 5.99. The van der Waals surface area contributed by atoms with Gasteiger partial charge in [0.25, 0.3) is 0 Å². The van der Waals surface area contributed by atoms with Crippen molar-refractivity contribution in [3.8, 4) is 28.7 Å². The Kier molecular flexibility index (Phi) is 8.27.